The van der Waals surface area contributed by atoms with Crippen molar-refractivity contribution in [2.75, 3.05) is 0 Å². The van der Waals surface area contributed by atoms with Crippen molar-refractivity contribution in [3.8, 4) is 22.8 Å². The normalized spacial score (nSPS) is 13.0. The monoisotopic (exact) mass is 518 g/mol. The average molecular weight is 518 g/mol. The van der Waals surface area contributed by atoms with E-state index in [1.54, 1.807) is 49.6 Å². The smallest absolute Gasteiger partial charge is 0.183 e. The Balaban J connectivity index is 1.74. The zero-order chi connectivity index (χ0) is 25.7. The summed E-state index contributed by atoms with van der Waals surface area (Å²) in [5.74, 6) is 0. The Labute approximate surface area is 218 Å². The highest BCUT2D eigenvalue weighted by Gasteiger charge is 2.31. The van der Waals surface area contributed by atoms with Crippen molar-refractivity contribution in [3.63, 3.8) is 0 Å². The maximum absolute atomic E-state index is 5.30. The van der Waals surface area contributed by atoms with Crippen LogP contribution in [-0.4, -0.2) is 68.8 Å². The first kappa shape index (κ1) is 19.0. The molecule has 2 N–H and O–H groups in total. The summed E-state index contributed by atoms with van der Waals surface area (Å²) >= 11 is 0. The summed E-state index contributed by atoms with van der Waals surface area (Å²) in [6.45, 7) is 0. The Hall–Kier alpha value is -6.18. The highest BCUT2D eigenvalue weighted by molar-refractivity contribution is 6.30. The van der Waals surface area contributed by atoms with Gasteiger partial charge in [0.05, 0.1) is 11.4 Å². The third-order valence-corrected chi connectivity index (χ3v) is 7.72. The van der Waals surface area contributed by atoms with Gasteiger partial charge in [-0.2, -0.15) is 0 Å². The van der Waals surface area contributed by atoms with Crippen LogP contribution in [0.4, 0.5) is 0 Å². The van der Waals surface area contributed by atoms with Crippen molar-refractivity contribution in [1.82, 2.24) is 68.8 Å². The standard InChI is InChI=1S/C26H10N14/c1-2-28-16-12-9-10-13-17-18(30-4-3-29-17)14(10)38-26-22-21(33-7-8-34-22)24(36-12)40(26)39-23(35-11(9)15(16)27-1)19-20(25(39)37-13)32-6-5-31-19/h1-8,27,30H. The first-order valence-corrected chi connectivity index (χ1v) is 12.4. The second-order valence-corrected chi connectivity index (χ2v) is 9.64. The maximum Gasteiger partial charge on any atom is 0.183 e. The third kappa shape index (κ3) is 1.91. The number of H-pyrrole nitrogens is 2. The van der Waals surface area contributed by atoms with E-state index in [4.69, 9.17) is 49.8 Å². The molecule has 0 fully saturated rings. The molecule has 0 saturated heterocycles. The molecular formula is C26H10N14. The summed E-state index contributed by atoms with van der Waals surface area (Å²) in [6.07, 6.45) is 13.6. The number of aromatic nitrogens is 14. The molecule has 2 aliphatic carbocycles. The van der Waals surface area contributed by atoms with Crippen molar-refractivity contribution in [3.05, 3.63) is 49.6 Å². The molecule has 0 amide bonds. The van der Waals surface area contributed by atoms with E-state index >= 15 is 0 Å². The minimum Gasteiger partial charge on any atom is -0.357 e. The maximum atomic E-state index is 5.30. The summed E-state index contributed by atoms with van der Waals surface area (Å²) in [4.78, 5) is 56.3. The number of hydrogen-bond acceptors (Lipinski definition) is 10. The van der Waals surface area contributed by atoms with Gasteiger partial charge >= 0.3 is 0 Å². The molecule has 12 rings (SSSR count). The summed E-state index contributed by atoms with van der Waals surface area (Å²) in [5.41, 5.74) is 9.88. The SMILES string of the molecule is c1c[nH]c2c3nc4c5nccnc5c5nc6c7ncc[nH]c-7c7nc8c9nccnc9c(nc(c-2n1)c3c67)n8n54. The van der Waals surface area contributed by atoms with E-state index < -0.39 is 0 Å². The van der Waals surface area contributed by atoms with Gasteiger partial charge in [-0.25, -0.2) is 48.9 Å². The Morgan fingerprint density at radius 3 is 1.18 bits per heavy atom. The molecule has 8 aromatic heterocycles. The highest BCUT2D eigenvalue weighted by atomic mass is 15.4. The van der Waals surface area contributed by atoms with Gasteiger partial charge in [0.2, 0.25) is 0 Å². The molecule has 10 heterocycles. The van der Waals surface area contributed by atoms with Crippen LogP contribution in [-0.2, 0) is 0 Å². The molecule has 0 radical (unpaired) electrons. The lowest BCUT2D eigenvalue weighted by atomic mass is 10.2. The van der Waals surface area contributed by atoms with Crippen LogP contribution in [0.3, 0.4) is 0 Å². The molecule has 0 saturated carbocycles. The minimum atomic E-state index is 0.530. The fourth-order valence-electron chi connectivity index (χ4n) is 6.21. The summed E-state index contributed by atoms with van der Waals surface area (Å²) in [7, 11) is 0. The van der Waals surface area contributed by atoms with Crippen LogP contribution in [0.25, 0.3) is 100 Å². The summed E-state index contributed by atoms with van der Waals surface area (Å²) < 4.78 is 3.74. The van der Waals surface area contributed by atoms with Crippen molar-refractivity contribution < 1.29 is 0 Å². The molecule has 0 aromatic carbocycles. The fraction of sp³-hybridized carbons (Fsp3) is 0. The van der Waals surface area contributed by atoms with Crippen molar-refractivity contribution >= 4 is 77.5 Å². The van der Waals surface area contributed by atoms with E-state index in [1.165, 1.54) is 0 Å². The minimum absolute atomic E-state index is 0.530. The fourth-order valence-corrected chi connectivity index (χ4v) is 6.21. The lowest BCUT2D eigenvalue weighted by Crippen LogP contribution is -2.02. The van der Waals surface area contributed by atoms with Gasteiger partial charge in [0, 0.05) is 60.3 Å². The lowest BCUT2D eigenvalue weighted by Gasteiger charge is -2.02. The zero-order valence-corrected chi connectivity index (χ0v) is 20.0. The van der Waals surface area contributed by atoms with Crippen LogP contribution < -0.4 is 0 Å². The van der Waals surface area contributed by atoms with Gasteiger partial charge in [-0.1, -0.05) is 0 Å². The molecule has 184 valence electrons. The lowest BCUT2D eigenvalue weighted by molar-refractivity contribution is 0.887. The number of hydrogen-bond donors (Lipinski definition) is 2. The Morgan fingerprint density at radius 2 is 0.775 bits per heavy atom. The van der Waals surface area contributed by atoms with Crippen molar-refractivity contribution in [2.24, 2.45) is 0 Å². The van der Waals surface area contributed by atoms with Gasteiger partial charge in [0.1, 0.15) is 55.5 Å². The van der Waals surface area contributed by atoms with Crippen LogP contribution in [0, 0.1) is 0 Å². The first-order chi connectivity index (χ1) is 19.9. The summed E-state index contributed by atoms with van der Waals surface area (Å²) in [5, 5.41) is 1.51. The topological polar surface area (TPSA) is 169 Å². The first-order valence-electron chi connectivity index (χ1n) is 12.4. The Morgan fingerprint density at radius 1 is 0.400 bits per heavy atom. The van der Waals surface area contributed by atoms with Crippen LogP contribution in [0.15, 0.2) is 49.6 Å². The highest BCUT2D eigenvalue weighted by Crippen LogP contribution is 2.45. The number of fused-ring (bicyclic) bond motifs is 4. The second kappa shape index (κ2) is 6.10. The number of rotatable bonds is 0. The van der Waals surface area contributed by atoms with E-state index in [0.717, 1.165) is 22.2 Å². The number of nitrogens with one attached hydrogen (secondary N) is 2. The molecule has 0 atom stereocenters. The zero-order valence-electron chi connectivity index (χ0n) is 20.0. The van der Waals surface area contributed by atoms with Crippen LogP contribution in [0.1, 0.15) is 0 Å². The quantitative estimate of drug-likeness (QED) is 0.303. The molecule has 12 bridgehead atoms. The molecule has 4 aliphatic rings. The Kier molecular flexibility index (Phi) is 2.89. The predicted octanol–water partition coefficient (Wildman–Crippen LogP) is 3.36. The number of nitrogens with zero attached hydrogens (tertiary/aromatic N) is 12. The van der Waals surface area contributed by atoms with Gasteiger partial charge < -0.3 is 9.97 Å². The van der Waals surface area contributed by atoms with Gasteiger partial charge in [-0.05, 0) is 0 Å². The molecule has 14 heteroatoms. The number of aromatic amines is 2. The van der Waals surface area contributed by atoms with E-state index in [-0.39, 0.29) is 0 Å². The van der Waals surface area contributed by atoms with E-state index in [1.807, 2.05) is 9.03 Å². The van der Waals surface area contributed by atoms with Gasteiger partial charge in [0.15, 0.2) is 22.6 Å². The van der Waals surface area contributed by atoms with Crippen molar-refractivity contribution in [1.29, 1.82) is 0 Å². The van der Waals surface area contributed by atoms with Gasteiger partial charge in [-0.15, -0.1) is 0 Å². The average Bonchev–Trinajstić information content (AvgIpc) is 3.71. The molecule has 8 aromatic rings. The van der Waals surface area contributed by atoms with Crippen molar-refractivity contribution in [2.45, 2.75) is 0 Å². The molecule has 2 aliphatic heterocycles. The molecule has 14 nitrogen and oxygen atoms in total. The van der Waals surface area contributed by atoms with Crippen LogP contribution in [0.2, 0.25) is 0 Å². The molecule has 0 unspecified atom stereocenters. The largest absolute Gasteiger partial charge is 0.357 e. The van der Waals surface area contributed by atoms with E-state index in [2.05, 4.69) is 9.97 Å². The predicted molar refractivity (Wildman–Crippen MR) is 144 cm³/mol. The summed E-state index contributed by atoms with van der Waals surface area (Å²) in [6, 6.07) is 0. The second-order valence-electron chi connectivity index (χ2n) is 9.64. The van der Waals surface area contributed by atoms with E-state index in [0.29, 0.717) is 78.1 Å². The molecule has 40 heavy (non-hydrogen) atoms. The van der Waals surface area contributed by atoms with E-state index in [9.17, 15) is 0 Å². The van der Waals surface area contributed by atoms with Crippen LogP contribution >= 0.6 is 0 Å². The third-order valence-electron chi connectivity index (χ3n) is 7.72. The van der Waals surface area contributed by atoms with Gasteiger partial charge in [-0.3, -0.25) is 9.97 Å². The molecular weight excluding hydrogens is 508 g/mol. The van der Waals surface area contributed by atoms with Gasteiger partial charge in [0.25, 0.3) is 0 Å². The van der Waals surface area contributed by atoms with Crippen LogP contribution in [0.5, 0.6) is 0 Å². The molecule has 0 spiro atoms. The Bertz CT molecular complexity index is 2410.